The van der Waals surface area contributed by atoms with E-state index in [0.29, 0.717) is 32.8 Å². The summed E-state index contributed by atoms with van der Waals surface area (Å²) in [5, 5.41) is 3.24. The summed E-state index contributed by atoms with van der Waals surface area (Å²) < 4.78 is 11.4. The molecular formula is C22H30N2O4. The van der Waals surface area contributed by atoms with Crippen LogP contribution in [0.5, 0.6) is 11.5 Å². The molecule has 0 spiro atoms. The molecule has 28 heavy (non-hydrogen) atoms. The molecule has 1 aromatic carbocycles. The molecule has 2 heterocycles. The fourth-order valence-electron chi connectivity index (χ4n) is 4.85. The number of carbonyl (C=O) groups excluding carboxylic acids is 2. The number of amides is 2. The van der Waals surface area contributed by atoms with Crippen LogP contribution in [0.2, 0.25) is 0 Å². The van der Waals surface area contributed by atoms with Gasteiger partial charge in [-0.2, -0.15) is 0 Å². The molecule has 6 nitrogen and oxygen atoms in total. The molecule has 4 rings (SSSR count). The molecular weight excluding hydrogens is 356 g/mol. The lowest BCUT2D eigenvalue weighted by Crippen LogP contribution is -2.45. The molecule has 1 N–H and O–H groups in total. The highest BCUT2D eigenvalue weighted by molar-refractivity contribution is 5.79. The number of carbonyl (C=O) groups is 2. The largest absolute Gasteiger partial charge is 0.486 e. The molecule has 3 aliphatic rings. The molecule has 2 amide bonds. The first-order valence-electron chi connectivity index (χ1n) is 10.5. The van der Waals surface area contributed by atoms with Crippen molar-refractivity contribution < 1.29 is 19.1 Å². The second kappa shape index (κ2) is 8.02. The minimum Gasteiger partial charge on any atom is -0.486 e. The van der Waals surface area contributed by atoms with Crippen molar-refractivity contribution in [2.24, 2.45) is 5.92 Å². The van der Waals surface area contributed by atoms with E-state index in [2.05, 4.69) is 17.4 Å². The van der Waals surface area contributed by atoms with Crippen molar-refractivity contribution in [3.05, 3.63) is 23.8 Å². The van der Waals surface area contributed by atoms with Crippen molar-refractivity contribution >= 4 is 11.8 Å². The van der Waals surface area contributed by atoms with E-state index in [0.717, 1.165) is 37.2 Å². The normalized spacial score (nSPS) is 21.4. The Bertz CT molecular complexity index is 734. The highest BCUT2D eigenvalue weighted by Crippen LogP contribution is 2.44. The third-order valence-corrected chi connectivity index (χ3v) is 6.63. The predicted molar refractivity (Wildman–Crippen MR) is 106 cm³/mol. The number of benzene rings is 1. The summed E-state index contributed by atoms with van der Waals surface area (Å²) in [5.41, 5.74) is 1.21. The molecule has 1 saturated heterocycles. The molecule has 6 heteroatoms. The Hall–Kier alpha value is -2.24. The molecule has 0 unspecified atom stereocenters. The van der Waals surface area contributed by atoms with Crippen molar-refractivity contribution in [3.8, 4) is 11.5 Å². The molecule has 1 aromatic rings. The predicted octanol–water partition coefficient (Wildman–Crippen LogP) is 2.64. The van der Waals surface area contributed by atoms with Gasteiger partial charge in [-0.1, -0.05) is 18.9 Å². The van der Waals surface area contributed by atoms with Crippen molar-refractivity contribution in [3.63, 3.8) is 0 Å². The molecule has 0 bridgehead atoms. The average molecular weight is 386 g/mol. The quantitative estimate of drug-likeness (QED) is 0.864. The van der Waals surface area contributed by atoms with Crippen molar-refractivity contribution in [1.29, 1.82) is 0 Å². The Balaban J connectivity index is 1.41. The van der Waals surface area contributed by atoms with E-state index >= 15 is 0 Å². The van der Waals surface area contributed by atoms with E-state index in [1.807, 2.05) is 11.0 Å². The number of nitrogens with zero attached hydrogens (tertiary/aromatic N) is 1. The zero-order valence-electron chi connectivity index (χ0n) is 16.7. The van der Waals surface area contributed by atoms with Crippen LogP contribution in [-0.4, -0.2) is 49.6 Å². The standard InChI is InChI=1S/C22H30N2O4/c1-16(25)24-10-6-17(7-11-24)21(26)23-15-22(8-2-3-9-22)18-4-5-19-20(14-18)28-13-12-27-19/h4-5,14,17H,2-3,6-13,15H2,1H3,(H,23,26). The fourth-order valence-corrected chi connectivity index (χ4v) is 4.85. The van der Waals surface area contributed by atoms with Gasteiger partial charge in [0.1, 0.15) is 13.2 Å². The van der Waals surface area contributed by atoms with E-state index in [1.54, 1.807) is 6.92 Å². The summed E-state index contributed by atoms with van der Waals surface area (Å²) in [6.07, 6.45) is 6.03. The zero-order chi connectivity index (χ0) is 19.6. The summed E-state index contributed by atoms with van der Waals surface area (Å²) in [6.45, 7) is 4.80. The summed E-state index contributed by atoms with van der Waals surface area (Å²) >= 11 is 0. The van der Waals surface area contributed by atoms with Crippen LogP contribution in [0.25, 0.3) is 0 Å². The zero-order valence-corrected chi connectivity index (χ0v) is 16.7. The van der Waals surface area contributed by atoms with Gasteiger partial charge in [-0.05, 0) is 43.4 Å². The summed E-state index contributed by atoms with van der Waals surface area (Å²) in [6, 6.07) is 6.25. The van der Waals surface area contributed by atoms with Gasteiger partial charge in [0, 0.05) is 37.9 Å². The Morgan fingerprint density at radius 1 is 1.11 bits per heavy atom. The van der Waals surface area contributed by atoms with E-state index in [4.69, 9.17) is 9.47 Å². The molecule has 2 fully saturated rings. The van der Waals surface area contributed by atoms with Crippen LogP contribution in [0.1, 0.15) is 51.0 Å². The second-order valence-electron chi connectivity index (χ2n) is 8.34. The number of fused-ring (bicyclic) bond motifs is 1. The third-order valence-electron chi connectivity index (χ3n) is 6.63. The third kappa shape index (κ3) is 3.82. The van der Waals surface area contributed by atoms with E-state index < -0.39 is 0 Å². The second-order valence-corrected chi connectivity index (χ2v) is 8.34. The number of hydrogen-bond donors (Lipinski definition) is 1. The molecule has 0 radical (unpaired) electrons. The van der Waals surface area contributed by atoms with Gasteiger partial charge in [0.15, 0.2) is 11.5 Å². The molecule has 2 aliphatic heterocycles. The Labute approximate surface area is 166 Å². The maximum Gasteiger partial charge on any atom is 0.223 e. The highest BCUT2D eigenvalue weighted by atomic mass is 16.6. The fraction of sp³-hybridized carbons (Fsp3) is 0.636. The minimum absolute atomic E-state index is 0.00863. The molecule has 0 aromatic heterocycles. The lowest BCUT2D eigenvalue weighted by atomic mass is 9.78. The number of rotatable bonds is 4. The maximum absolute atomic E-state index is 12.8. The van der Waals surface area contributed by atoms with Crippen molar-refractivity contribution in [2.75, 3.05) is 32.8 Å². The number of nitrogens with one attached hydrogen (secondary N) is 1. The summed E-state index contributed by atoms with van der Waals surface area (Å²) in [7, 11) is 0. The molecule has 0 atom stereocenters. The van der Waals surface area contributed by atoms with Gasteiger partial charge in [0.2, 0.25) is 11.8 Å². The van der Waals surface area contributed by atoms with Crippen LogP contribution in [0.15, 0.2) is 18.2 Å². The van der Waals surface area contributed by atoms with Gasteiger partial charge < -0.3 is 19.7 Å². The van der Waals surface area contributed by atoms with Gasteiger partial charge >= 0.3 is 0 Å². The Morgan fingerprint density at radius 3 is 2.46 bits per heavy atom. The molecule has 1 saturated carbocycles. The summed E-state index contributed by atoms with van der Waals surface area (Å²) in [4.78, 5) is 26.1. The highest BCUT2D eigenvalue weighted by Gasteiger charge is 2.37. The van der Waals surface area contributed by atoms with Crippen molar-refractivity contribution in [1.82, 2.24) is 10.2 Å². The molecule has 1 aliphatic carbocycles. The van der Waals surface area contributed by atoms with Gasteiger partial charge in [-0.25, -0.2) is 0 Å². The van der Waals surface area contributed by atoms with E-state index in [-0.39, 0.29) is 23.1 Å². The first kappa shape index (κ1) is 19.1. The van der Waals surface area contributed by atoms with Crippen LogP contribution in [-0.2, 0) is 15.0 Å². The number of hydrogen-bond acceptors (Lipinski definition) is 4. The Kier molecular flexibility index (Phi) is 5.47. The summed E-state index contributed by atoms with van der Waals surface area (Å²) in [5.74, 6) is 1.87. The monoisotopic (exact) mass is 386 g/mol. The van der Waals surface area contributed by atoms with Crippen LogP contribution in [0.4, 0.5) is 0 Å². The number of likely N-dealkylation sites (tertiary alicyclic amines) is 1. The first-order valence-corrected chi connectivity index (χ1v) is 10.5. The van der Waals surface area contributed by atoms with Crippen molar-refractivity contribution in [2.45, 2.75) is 50.9 Å². The van der Waals surface area contributed by atoms with Gasteiger partial charge in [-0.15, -0.1) is 0 Å². The van der Waals surface area contributed by atoms with Crippen LogP contribution >= 0.6 is 0 Å². The van der Waals surface area contributed by atoms with E-state index in [1.165, 1.54) is 18.4 Å². The van der Waals surface area contributed by atoms with Gasteiger partial charge in [0.05, 0.1) is 0 Å². The topological polar surface area (TPSA) is 67.9 Å². The first-order chi connectivity index (χ1) is 13.6. The molecule has 152 valence electrons. The van der Waals surface area contributed by atoms with Gasteiger partial charge in [-0.3, -0.25) is 9.59 Å². The average Bonchev–Trinajstić information content (AvgIpc) is 3.22. The minimum atomic E-state index is -0.0222. The smallest absolute Gasteiger partial charge is 0.223 e. The number of ether oxygens (including phenoxy) is 2. The lowest BCUT2D eigenvalue weighted by Gasteiger charge is -2.34. The van der Waals surface area contributed by atoms with Crippen LogP contribution in [0.3, 0.4) is 0 Å². The van der Waals surface area contributed by atoms with E-state index in [9.17, 15) is 9.59 Å². The van der Waals surface area contributed by atoms with Crippen LogP contribution in [0, 0.1) is 5.92 Å². The van der Waals surface area contributed by atoms with Gasteiger partial charge in [0.25, 0.3) is 0 Å². The number of piperidine rings is 1. The SMILES string of the molecule is CC(=O)N1CCC(C(=O)NCC2(c3ccc4c(c3)OCCO4)CCCC2)CC1. The Morgan fingerprint density at radius 2 is 1.79 bits per heavy atom. The lowest BCUT2D eigenvalue weighted by molar-refractivity contribution is -0.134. The maximum atomic E-state index is 12.8. The van der Waals surface area contributed by atoms with Crippen LogP contribution < -0.4 is 14.8 Å².